The highest BCUT2D eigenvalue weighted by Gasteiger charge is 2.41. The third kappa shape index (κ3) is 5.06. The van der Waals surface area contributed by atoms with Crippen molar-refractivity contribution in [3.63, 3.8) is 0 Å². The molecular formula is C22H26ClF3N6O3. The topological polar surface area (TPSA) is 100 Å². The summed E-state index contributed by atoms with van der Waals surface area (Å²) in [6, 6.07) is 2.14. The average Bonchev–Trinajstić information content (AvgIpc) is 3.53. The first-order valence-electron chi connectivity index (χ1n) is 11.0. The van der Waals surface area contributed by atoms with Crippen molar-refractivity contribution in [1.82, 2.24) is 30.0 Å². The lowest BCUT2D eigenvalue weighted by Gasteiger charge is -2.40. The van der Waals surface area contributed by atoms with Crippen molar-refractivity contribution in [3.8, 4) is 11.3 Å². The Morgan fingerprint density at radius 1 is 1.20 bits per heavy atom. The van der Waals surface area contributed by atoms with E-state index in [1.54, 1.807) is 20.0 Å². The lowest BCUT2D eigenvalue weighted by atomic mass is 9.93. The fourth-order valence-corrected chi connectivity index (χ4v) is 4.27. The van der Waals surface area contributed by atoms with E-state index in [0.29, 0.717) is 12.1 Å². The van der Waals surface area contributed by atoms with Gasteiger partial charge < -0.3 is 14.6 Å². The molecule has 1 aromatic carbocycles. The number of alkyl halides is 1. The second kappa shape index (κ2) is 10.2. The van der Waals surface area contributed by atoms with Crippen molar-refractivity contribution >= 4 is 11.6 Å². The van der Waals surface area contributed by atoms with E-state index >= 15 is 0 Å². The van der Waals surface area contributed by atoms with Crippen LogP contribution in [0.5, 0.6) is 0 Å². The van der Waals surface area contributed by atoms with Crippen LogP contribution >= 0.6 is 11.6 Å². The quantitative estimate of drug-likeness (QED) is 0.461. The molecule has 0 aliphatic carbocycles. The molecule has 190 valence electrons. The molecule has 35 heavy (non-hydrogen) atoms. The van der Waals surface area contributed by atoms with E-state index in [4.69, 9.17) is 21.1 Å². The van der Waals surface area contributed by atoms with Crippen LogP contribution in [0.25, 0.3) is 11.3 Å². The molecule has 13 heteroatoms. The molecule has 0 spiro atoms. The van der Waals surface area contributed by atoms with Crippen molar-refractivity contribution in [2.45, 2.75) is 56.6 Å². The number of aromatic nitrogens is 6. The Bertz CT molecular complexity index is 1170. The Hall–Kier alpha value is -2.54. The number of ether oxygens (including phenoxy) is 2. The van der Waals surface area contributed by atoms with Gasteiger partial charge in [-0.25, -0.2) is 22.5 Å². The minimum Gasteiger partial charge on any atom is -0.394 e. The van der Waals surface area contributed by atoms with Gasteiger partial charge in [-0.1, -0.05) is 22.0 Å². The third-order valence-electron chi connectivity index (χ3n) is 6.15. The van der Waals surface area contributed by atoms with Crippen LogP contribution in [0.4, 0.5) is 13.2 Å². The van der Waals surface area contributed by atoms with Gasteiger partial charge in [0.2, 0.25) is 0 Å². The molecule has 1 aliphatic heterocycles. The summed E-state index contributed by atoms with van der Waals surface area (Å²) in [6.45, 7) is 2.55. The molecule has 0 unspecified atom stereocenters. The first-order valence-corrected chi connectivity index (χ1v) is 11.4. The lowest BCUT2D eigenvalue weighted by Crippen LogP contribution is -2.49. The SMILES string of the molecule is CO[C@H]1[C@@H](Cc2cn(C(C)(C)CF)nn2)O[C@@H](CO)C[C@@H]1n1cc(-c2ccc(Cl)c(F)c2F)nn1. The predicted molar refractivity (Wildman–Crippen MR) is 120 cm³/mol. The molecule has 1 saturated heterocycles. The van der Waals surface area contributed by atoms with Gasteiger partial charge in [-0.15, -0.1) is 10.2 Å². The van der Waals surface area contributed by atoms with Crippen LogP contribution < -0.4 is 0 Å². The number of halogens is 4. The summed E-state index contributed by atoms with van der Waals surface area (Å²) in [4.78, 5) is 0. The number of methoxy groups -OCH3 is 1. The van der Waals surface area contributed by atoms with Gasteiger partial charge in [-0.3, -0.25) is 0 Å². The van der Waals surface area contributed by atoms with Gasteiger partial charge in [0.15, 0.2) is 11.6 Å². The standard InChI is InChI=1S/C22H26ClF3N6O3/c1-22(2,11-24)32-8-12(27-30-32)6-18-21(34-3)17(7-13(10-33)35-18)31-9-16(28-29-31)14-4-5-15(23)20(26)19(14)25/h4-5,8-9,13,17-18,21,33H,6-7,10-11H2,1-3H3/t13-,17+,18-,21-/m1/s1. The Kier molecular flexibility index (Phi) is 7.46. The maximum Gasteiger partial charge on any atom is 0.178 e. The van der Waals surface area contributed by atoms with Gasteiger partial charge in [0, 0.05) is 31.7 Å². The van der Waals surface area contributed by atoms with Crippen LogP contribution in [0.2, 0.25) is 5.02 Å². The van der Waals surface area contributed by atoms with Crippen LogP contribution in [-0.4, -0.2) is 73.8 Å². The van der Waals surface area contributed by atoms with Crippen LogP contribution in [0, 0.1) is 11.6 Å². The van der Waals surface area contributed by atoms with E-state index < -0.39 is 48.2 Å². The highest BCUT2D eigenvalue weighted by Crippen LogP contribution is 2.34. The van der Waals surface area contributed by atoms with Gasteiger partial charge >= 0.3 is 0 Å². The third-order valence-corrected chi connectivity index (χ3v) is 6.44. The van der Waals surface area contributed by atoms with E-state index in [0.717, 1.165) is 0 Å². The minimum atomic E-state index is -1.16. The number of hydrogen-bond donors (Lipinski definition) is 1. The summed E-state index contributed by atoms with van der Waals surface area (Å²) in [6.07, 6.45) is 2.13. The summed E-state index contributed by atoms with van der Waals surface area (Å²) >= 11 is 5.65. The molecule has 1 fully saturated rings. The van der Waals surface area contributed by atoms with Gasteiger partial charge in [-0.05, 0) is 26.0 Å². The summed E-state index contributed by atoms with van der Waals surface area (Å²) in [5.74, 6) is -2.28. The Balaban J connectivity index is 1.60. The molecule has 0 saturated carbocycles. The normalized spacial score (nSPS) is 23.1. The van der Waals surface area contributed by atoms with E-state index in [9.17, 15) is 18.3 Å². The van der Waals surface area contributed by atoms with Crippen LogP contribution in [0.3, 0.4) is 0 Å². The number of nitrogens with zero attached hydrogens (tertiary/aromatic N) is 6. The van der Waals surface area contributed by atoms with Crippen LogP contribution in [0.1, 0.15) is 32.0 Å². The average molecular weight is 515 g/mol. The maximum absolute atomic E-state index is 14.4. The fraction of sp³-hybridized carbons (Fsp3) is 0.545. The summed E-state index contributed by atoms with van der Waals surface area (Å²) in [5.41, 5.74) is -0.244. The molecule has 0 bridgehead atoms. The predicted octanol–water partition coefficient (Wildman–Crippen LogP) is 3.12. The monoisotopic (exact) mass is 514 g/mol. The molecule has 1 aliphatic rings. The number of hydrogen-bond acceptors (Lipinski definition) is 7. The highest BCUT2D eigenvalue weighted by molar-refractivity contribution is 6.30. The maximum atomic E-state index is 14.4. The van der Waals surface area contributed by atoms with E-state index in [1.165, 1.54) is 34.8 Å². The van der Waals surface area contributed by atoms with Crippen molar-refractivity contribution in [3.05, 3.63) is 46.9 Å². The molecule has 4 atom stereocenters. The molecular weight excluding hydrogens is 489 g/mol. The first kappa shape index (κ1) is 25.5. The van der Waals surface area contributed by atoms with Crippen molar-refractivity contribution in [2.75, 3.05) is 20.4 Å². The zero-order chi connectivity index (χ0) is 25.3. The van der Waals surface area contributed by atoms with Gasteiger partial charge in [0.25, 0.3) is 0 Å². The molecule has 3 heterocycles. The highest BCUT2D eigenvalue weighted by atomic mass is 35.5. The minimum absolute atomic E-state index is 0.0819. The first-order chi connectivity index (χ1) is 16.7. The van der Waals surface area contributed by atoms with Gasteiger partial charge in [0.05, 0.1) is 47.3 Å². The molecule has 2 aromatic heterocycles. The van der Waals surface area contributed by atoms with Gasteiger partial charge in [-0.2, -0.15) is 0 Å². The molecule has 9 nitrogen and oxygen atoms in total. The molecule has 0 amide bonds. The number of aliphatic hydroxyl groups is 1. The molecule has 3 aromatic rings. The molecule has 4 rings (SSSR count). The van der Waals surface area contributed by atoms with E-state index in [1.807, 2.05) is 0 Å². The second-order valence-corrected chi connectivity index (χ2v) is 9.50. The number of aliphatic hydroxyl groups excluding tert-OH is 1. The van der Waals surface area contributed by atoms with Crippen molar-refractivity contribution < 1.29 is 27.8 Å². The largest absolute Gasteiger partial charge is 0.394 e. The Morgan fingerprint density at radius 2 is 1.97 bits per heavy atom. The number of benzene rings is 1. The summed E-state index contributed by atoms with van der Waals surface area (Å²) in [5, 5.41) is 25.8. The van der Waals surface area contributed by atoms with Gasteiger partial charge in [0.1, 0.15) is 18.5 Å². The molecule has 1 N–H and O–H groups in total. The second-order valence-electron chi connectivity index (χ2n) is 9.09. The Labute approximate surface area is 204 Å². The van der Waals surface area contributed by atoms with Crippen molar-refractivity contribution in [2.24, 2.45) is 0 Å². The van der Waals surface area contributed by atoms with Crippen LogP contribution in [0.15, 0.2) is 24.5 Å². The fourth-order valence-electron chi connectivity index (χ4n) is 4.12. The smallest absolute Gasteiger partial charge is 0.178 e. The zero-order valence-electron chi connectivity index (χ0n) is 19.4. The van der Waals surface area contributed by atoms with Crippen LogP contribution in [-0.2, 0) is 21.4 Å². The van der Waals surface area contributed by atoms with E-state index in [-0.39, 0.29) is 29.3 Å². The Morgan fingerprint density at radius 3 is 2.66 bits per heavy atom. The number of rotatable bonds is 8. The summed E-state index contributed by atoms with van der Waals surface area (Å²) < 4.78 is 56.5. The van der Waals surface area contributed by atoms with E-state index in [2.05, 4.69) is 20.6 Å². The molecule has 0 radical (unpaired) electrons. The lowest BCUT2D eigenvalue weighted by molar-refractivity contribution is -0.162. The summed E-state index contributed by atoms with van der Waals surface area (Å²) in [7, 11) is 1.52. The zero-order valence-corrected chi connectivity index (χ0v) is 20.2. The van der Waals surface area contributed by atoms with Crippen molar-refractivity contribution in [1.29, 1.82) is 0 Å².